The van der Waals surface area contributed by atoms with E-state index in [2.05, 4.69) is 43.0 Å². The van der Waals surface area contributed by atoms with Crippen LogP contribution in [0.2, 0.25) is 0 Å². The summed E-state index contributed by atoms with van der Waals surface area (Å²) in [5, 5.41) is 6.88. The number of rotatable bonds is 7. The number of carbonyl (C=O) groups is 1. The number of nitrogens with zero attached hydrogens (tertiary/aromatic N) is 1. The molecule has 0 bridgehead atoms. The van der Waals surface area contributed by atoms with Crippen molar-refractivity contribution in [3.8, 4) is 0 Å². The largest absolute Gasteiger partial charge is 0.466 e. The summed E-state index contributed by atoms with van der Waals surface area (Å²) in [6.45, 7) is 14.1. The van der Waals surface area contributed by atoms with E-state index < -0.39 is 0 Å². The van der Waals surface area contributed by atoms with Crippen LogP contribution in [-0.4, -0.2) is 29.7 Å². The van der Waals surface area contributed by atoms with Gasteiger partial charge in [0.1, 0.15) is 11.5 Å². The Kier molecular flexibility index (Phi) is 7.73. The maximum absolute atomic E-state index is 12.3. The molecule has 0 unspecified atom stereocenters. The van der Waals surface area contributed by atoms with Crippen LogP contribution < -0.4 is 10.6 Å². The lowest BCUT2D eigenvalue weighted by molar-refractivity contribution is -0.120. The summed E-state index contributed by atoms with van der Waals surface area (Å²) in [6.07, 6.45) is 5.55. The Balaban J connectivity index is 1.80. The number of hydrogen-bond donors (Lipinski definition) is 2. The van der Waals surface area contributed by atoms with Crippen LogP contribution in [0.25, 0.3) is 0 Å². The van der Waals surface area contributed by atoms with Crippen molar-refractivity contribution in [1.29, 1.82) is 0 Å². The summed E-state index contributed by atoms with van der Waals surface area (Å²) in [7, 11) is 0. The Hall–Kier alpha value is -1.31. The predicted octanol–water partition coefficient (Wildman–Crippen LogP) is 4.65. The molecule has 2 rings (SSSR count). The molecule has 1 aromatic rings. The minimum Gasteiger partial charge on any atom is -0.466 e. The number of allylic oxidation sites excluding steroid dienone is 2. The highest BCUT2D eigenvalue weighted by Crippen LogP contribution is 2.32. The van der Waals surface area contributed by atoms with Crippen LogP contribution in [0, 0.1) is 11.3 Å². The Bertz CT molecular complexity index is 656. The van der Waals surface area contributed by atoms with E-state index in [0.717, 1.165) is 35.9 Å². The SMILES string of the molecule is C=C(CSc1cnc(NC(=O)C2CCNCC2)s1)OC(=CC)C(C)(C)C. The van der Waals surface area contributed by atoms with Gasteiger partial charge in [-0.25, -0.2) is 4.98 Å². The number of hydrogen-bond acceptors (Lipinski definition) is 6. The highest BCUT2D eigenvalue weighted by molar-refractivity contribution is 8.01. The van der Waals surface area contributed by atoms with E-state index in [9.17, 15) is 4.79 Å². The molecule has 1 aliphatic rings. The van der Waals surface area contributed by atoms with Crippen molar-refractivity contribution < 1.29 is 9.53 Å². The van der Waals surface area contributed by atoms with Gasteiger partial charge in [-0.1, -0.05) is 38.7 Å². The highest BCUT2D eigenvalue weighted by atomic mass is 32.2. The number of amides is 1. The highest BCUT2D eigenvalue weighted by Gasteiger charge is 2.22. The van der Waals surface area contributed by atoms with Crippen molar-refractivity contribution in [2.75, 3.05) is 24.2 Å². The zero-order chi connectivity index (χ0) is 19.2. The molecule has 2 heterocycles. The number of aromatic nitrogens is 1. The second-order valence-electron chi connectivity index (χ2n) is 7.33. The molecular weight excluding hydrogens is 366 g/mol. The lowest BCUT2D eigenvalue weighted by Gasteiger charge is -2.23. The normalized spacial score (nSPS) is 16.4. The minimum absolute atomic E-state index is 0.0427. The van der Waals surface area contributed by atoms with Gasteiger partial charge in [0.15, 0.2) is 5.13 Å². The standard InChI is InChI=1S/C19H29N3O2S2/c1-6-15(19(3,4)5)24-13(2)12-25-16-11-21-18(26-16)22-17(23)14-7-9-20-10-8-14/h6,11,14,20H,2,7-10,12H2,1,3-5H3,(H,21,22,23). The summed E-state index contributed by atoms with van der Waals surface area (Å²) >= 11 is 3.11. The number of anilines is 1. The zero-order valence-corrected chi connectivity index (χ0v) is 17.7. The van der Waals surface area contributed by atoms with Crippen molar-refractivity contribution in [2.24, 2.45) is 11.3 Å². The van der Waals surface area contributed by atoms with Gasteiger partial charge in [-0.05, 0) is 38.9 Å². The third-order valence-electron chi connectivity index (χ3n) is 4.06. The third kappa shape index (κ3) is 6.45. The molecule has 0 saturated carbocycles. The Morgan fingerprint density at radius 3 is 2.81 bits per heavy atom. The van der Waals surface area contributed by atoms with Gasteiger partial charge >= 0.3 is 0 Å². The summed E-state index contributed by atoms with van der Waals surface area (Å²) in [5.41, 5.74) is -0.0427. The van der Waals surface area contributed by atoms with Gasteiger partial charge in [-0.3, -0.25) is 4.79 Å². The first-order valence-corrected chi connectivity index (χ1v) is 10.7. The number of carbonyl (C=O) groups excluding carboxylic acids is 1. The number of piperidine rings is 1. The molecule has 1 saturated heterocycles. The van der Waals surface area contributed by atoms with E-state index >= 15 is 0 Å². The van der Waals surface area contributed by atoms with Crippen molar-refractivity contribution in [2.45, 2.75) is 44.7 Å². The second-order valence-corrected chi connectivity index (χ2v) is 9.64. The fourth-order valence-electron chi connectivity index (χ4n) is 2.66. The molecule has 0 aromatic carbocycles. The Morgan fingerprint density at radius 1 is 1.50 bits per heavy atom. The first kappa shape index (κ1) is 21.0. The Labute approximate surface area is 164 Å². The van der Waals surface area contributed by atoms with Crippen molar-refractivity contribution in [3.63, 3.8) is 0 Å². The lowest BCUT2D eigenvalue weighted by atomic mass is 9.93. The molecule has 7 heteroatoms. The van der Waals surface area contributed by atoms with Gasteiger partial charge < -0.3 is 15.4 Å². The Morgan fingerprint density at radius 2 is 2.19 bits per heavy atom. The van der Waals surface area contributed by atoms with E-state index in [-0.39, 0.29) is 17.2 Å². The van der Waals surface area contributed by atoms with Crippen LogP contribution in [0.5, 0.6) is 0 Å². The molecule has 1 aliphatic heterocycles. The van der Waals surface area contributed by atoms with Crippen molar-refractivity contribution >= 4 is 34.1 Å². The monoisotopic (exact) mass is 395 g/mol. The minimum atomic E-state index is -0.0427. The van der Waals surface area contributed by atoms with E-state index in [0.29, 0.717) is 16.6 Å². The molecule has 1 aromatic heterocycles. The van der Waals surface area contributed by atoms with Gasteiger partial charge in [0.2, 0.25) is 5.91 Å². The predicted molar refractivity (Wildman–Crippen MR) is 110 cm³/mol. The van der Waals surface area contributed by atoms with Gasteiger partial charge in [0.25, 0.3) is 0 Å². The number of nitrogens with one attached hydrogen (secondary N) is 2. The number of thiazole rings is 1. The van der Waals surface area contributed by atoms with E-state index in [4.69, 9.17) is 4.74 Å². The third-order valence-corrected chi connectivity index (χ3v) is 6.22. The summed E-state index contributed by atoms with van der Waals surface area (Å²) in [6, 6.07) is 0. The molecular formula is C19H29N3O2S2. The smallest absolute Gasteiger partial charge is 0.229 e. The fraction of sp³-hybridized carbons (Fsp3) is 0.579. The maximum Gasteiger partial charge on any atom is 0.229 e. The van der Waals surface area contributed by atoms with Gasteiger partial charge in [-0.2, -0.15) is 0 Å². The van der Waals surface area contributed by atoms with Gasteiger partial charge in [-0.15, -0.1) is 11.8 Å². The van der Waals surface area contributed by atoms with Crippen LogP contribution in [0.3, 0.4) is 0 Å². The molecule has 0 aliphatic carbocycles. The van der Waals surface area contributed by atoms with Crippen molar-refractivity contribution in [1.82, 2.24) is 10.3 Å². The fourth-order valence-corrected chi connectivity index (χ4v) is 4.35. The summed E-state index contributed by atoms with van der Waals surface area (Å²) in [4.78, 5) is 16.6. The van der Waals surface area contributed by atoms with Gasteiger partial charge in [0.05, 0.1) is 16.2 Å². The molecule has 144 valence electrons. The first-order chi connectivity index (χ1) is 12.3. The number of thioether (sulfide) groups is 1. The first-order valence-electron chi connectivity index (χ1n) is 8.92. The second kappa shape index (κ2) is 9.58. The lowest BCUT2D eigenvalue weighted by Crippen LogP contribution is -2.34. The molecule has 0 spiro atoms. The van der Waals surface area contributed by atoms with Gasteiger partial charge in [0, 0.05) is 11.3 Å². The summed E-state index contributed by atoms with van der Waals surface area (Å²) in [5.74, 6) is 2.44. The molecule has 1 fully saturated rings. The van der Waals surface area contributed by atoms with Crippen LogP contribution in [-0.2, 0) is 9.53 Å². The van der Waals surface area contributed by atoms with Crippen LogP contribution in [0.1, 0.15) is 40.5 Å². The van der Waals surface area contributed by atoms with E-state index in [1.165, 1.54) is 11.3 Å². The average molecular weight is 396 g/mol. The molecule has 2 N–H and O–H groups in total. The average Bonchev–Trinajstić information content (AvgIpc) is 3.05. The summed E-state index contributed by atoms with van der Waals surface area (Å²) < 4.78 is 6.93. The number of ether oxygens (including phenoxy) is 1. The van der Waals surface area contributed by atoms with Crippen molar-refractivity contribution in [3.05, 3.63) is 30.4 Å². The van der Waals surface area contributed by atoms with Crippen LogP contribution in [0.15, 0.2) is 34.6 Å². The zero-order valence-electron chi connectivity index (χ0n) is 16.1. The molecule has 5 nitrogen and oxygen atoms in total. The molecule has 26 heavy (non-hydrogen) atoms. The van der Waals surface area contributed by atoms with Crippen LogP contribution in [0.4, 0.5) is 5.13 Å². The maximum atomic E-state index is 12.3. The van der Waals surface area contributed by atoms with E-state index in [1.54, 1.807) is 18.0 Å². The van der Waals surface area contributed by atoms with Crippen LogP contribution >= 0.6 is 23.1 Å². The molecule has 1 amide bonds. The quantitative estimate of drug-likeness (QED) is 0.519. The molecule has 0 radical (unpaired) electrons. The van der Waals surface area contributed by atoms with E-state index in [1.807, 2.05) is 13.0 Å². The topological polar surface area (TPSA) is 63.2 Å². The molecule has 0 atom stereocenters.